The highest BCUT2D eigenvalue weighted by Gasteiger charge is 2.24. The van der Waals surface area contributed by atoms with Crippen LogP contribution in [-0.4, -0.2) is 43.1 Å². The molecule has 1 fully saturated rings. The number of hydrogen-bond acceptors (Lipinski definition) is 3. The van der Waals surface area contributed by atoms with Gasteiger partial charge in [-0.3, -0.25) is 9.89 Å². The Hall–Kier alpha value is -0.760. The molecule has 6 heteroatoms. The Balaban J connectivity index is 0.00000264. The first-order chi connectivity index (χ1) is 10.7. The van der Waals surface area contributed by atoms with Crippen molar-refractivity contribution in [2.45, 2.75) is 52.1 Å². The fraction of sp³-hybridized carbons (Fsp3) is 0.706. The zero-order valence-corrected chi connectivity index (χ0v) is 16.9. The van der Waals surface area contributed by atoms with Gasteiger partial charge in [0, 0.05) is 12.6 Å². The normalized spacial score (nSPS) is 17.7. The molecule has 5 nitrogen and oxygen atoms in total. The van der Waals surface area contributed by atoms with Crippen molar-refractivity contribution in [3.05, 3.63) is 24.2 Å². The molecule has 0 saturated carbocycles. The fourth-order valence-corrected chi connectivity index (χ4v) is 2.87. The van der Waals surface area contributed by atoms with Gasteiger partial charge in [0.1, 0.15) is 5.76 Å². The van der Waals surface area contributed by atoms with Crippen LogP contribution in [0.15, 0.2) is 27.8 Å². The Morgan fingerprint density at radius 1 is 1.30 bits per heavy atom. The van der Waals surface area contributed by atoms with Crippen molar-refractivity contribution in [2.24, 2.45) is 4.99 Å². The van der Waals surface area contributed by atoms with Gasteiger partial charge < -0.3 is 15.1 Å². The molecule has 1 aromatic heterocycles. The number of nitrogens with one attached hydrogen (secondary N) is 2. The molecule has 23 heavy (non-hydrogen) atoms. The molecule has 0 bridgehead atoms. The van der Waals surface area contributed by atoms with E-state index in [4.69, 9.17) is 9.41 Å². The summed E-state index contributed by atoms with van der Waals surface area (Å²) >= 11 is 0. The zero-order chi connectivity index (χ0) is 15.8. The molecular formula is C17H31IN4O. The maximum absolute atomic E-state index is 5.67. The number of aliphatic imine (C=N–C) groups is 1. The summed E-state index contributed by atoms with van der Waals surface area (Å²) in [6.45, 7) is 10.2. The number of guanidine groups is 1. The van der Waals surface area contributed by atoms with Gasteiger partial charge in [0.15, 0.2) is 5.96 Å². The maximum Gasteiger partial charge on any atom is 0.191 e. The highest BCUT2D eigenvalue weighted by molar-refractivity contribution is 14.0. The van der Waals surface area contributed by atoms with E-state index in [1.807, 2.05) is 6.07 Å². The summed E-state index contributed by atoms with van der Waals surface area (Å²) in [6.07, 6.45) is 5.63. The lowest BCUT2D eigenvalue weighted by Crippen LogP contribution is -2.42. The number of likely N-dealkylation sites (tertiary alicyclic amines) is 1. The topological polar surface area (TPSA) is 52.8 Å². The SMILES string of the molecule is CCNC(=NCC(c1ccco1)N1CCCCC1)NC(C)C.I. The molecule has 1 unspecified atom stereocenters. The van der Waals surface area contributed by atoms with Gasteiger partial charge >= 0.3 is 0 Å². The lowest BCUT2D eigenvalue weighted by molar-refractivity contribution is 0.150. The van der Waals surface area contributed by atoms with Crippen LogP contribution in [-0.2, 0) is 0 Å². The van der Waals surface area contributed by atoms with Crippen molar-refractivity contribution in [3.63, 3.8) is 0 Å². The van der Waals surface area contributed by atoms with Gasteiger partial charge in [-0.15, -0.1) is 24.0 Å². The molecule has 0 amide bonds. The Labute approximate surface area is 157 Å². The molecule has 0 spiro atoms. The van der Waals surface area contributed by atoms with Crippen LogP contribution >= 0.6 is 24.0 Å². The standard InChI is InChI=1S/C17H30N4O.HI/c1-4-18-17(20-14(2)3)19-13-15(16-9-8-12-22-16)21-10-6-5-7-11-21;/h8-9,12,14-15H,4-7,10-11,13H2,1-3H3,(H2,18,19,20);1H. The minimum atomic E-state index is 0. The minimum absolute atomic E-state index is 0. The largest absolute Gasteiger partial charge is 0.468 e. The lowest BCUT2D eigenvalue weighted by atomic mass is 10.1. The quantitative estimate of drug-likeness (QED) is 0.410. The fourth-order valence-electron chi connectivity index (χ4n) is 2.87. The molecule has 1 aromatic rings. The number of piperidine rings is 1. The van der Waals surface area contributed by atoms with E-state index in [1.165, 1.54) is 19.3 Å². The van der Waals surface area contributed by atoms with Crippen LogP contribution in [0, 0.1) is 0 Å². The summed E-state index contributed by atoms with van der Waals surface area (Å²) < 4.78 is 5.67. The van der Waals surface area contributed by atoms with Gasteiger partial charge in [0.05, 0.1) is 18.8 Å². The average molecular weight is 434 g/mol. The van der Waals surface area contributed by atoms with E-state index < -0.39 is 0 Å². The third-order valence-electron chi connectivity index (χ3n) is 3.89. The number of hydrogen-bond donors (Lipinski definition) is 2. The van der Waals surface area contributed by atoms with Crippen molar-refractivity contribution in [1.82, 2.24) is 15.5 Å². The minimum Gasteiger partial charge on any atom is -0.468 e. The maximum atomic E-state index is 5.67. The van der Waals surface area contributed by atoms with Crippen LogP contribution in [0.1, 0.15) is 51.8 Å². The Morgan fingerprint density at radius 3 is 2.61 bits per heavy atom. The third kappa shape index (κ3) is 6.71. The Bertz CT molecular complexity index is 441. The molecule has 1 aliphatic heterocycles. The van der Waals surface area contributed by atoms with Crippen molar-refractivity contribution in [2.75, 3.05) is 26.2 Å². The zero-order valence-electron chi connectivity index (χ0n) is 14.5. The van der Waals surface area contributed by atoms with Crippen LogP contribution in [0.25, 0.3) is 0 Å². The van der Waals surface area contributed by atoms with Crippen molar-refractivity contribution < 1.29 is 4.42 Å². The number of rotatable bonds is 6. The first kappa shape index (κ1) is 20.3. The summed E-state index contributed by atoms with van der Waals surface area (Å²) in [6, 6.07) is 4.64. The van der Waals surface area contributed by atoms with Crippen LogP contribution in [0.2, 0.25) is 0 Å². The average Bonchev–Trinajstić information content (AvgIpc) is 3.02. The summed E-state index contributed by atoms with van der Waals surface area (Å²) in [5.74, 6) is 1.90. The molecule has 1 atom stereocenters. The van der Waals surface area contributed by atoms with Gasteiger partial charge in [-0.1, -0.05) is 6.42 Å². The predicted molar refractivity (Wildman–Crippen MR) is 107 cm³/mol. The molecule has 1 aliphatic rings. The molecule has 2 heterocycles. The summed E-state index contributed by atoms with van der Waals surface area (Å²) in [5, 5.41) is 6.68. The molecule has 132 valence electrons. The first-order valence-corrected chi connectivity index (χ1v) is 8.53. The molecule has 1 saturated heterocycles. The third-order valence-corrected chi connectivity index (χ3v) is 3.89. The summed E-state index contributed by atoms with van der Waals surface area (Å²) in [4.78, 5) is 7.28. The predicted octanol–water partition coefficient (Wildman–Crippen LogP) is 3.39. The number of furan rings is 1. The second-order valence-electron chi connectivity index (χ2n) is 6.15. The van der Waals surface area contributed by atoms with E-state index in [0.717, 1.165) is 37.9 Å². The second-order valence-corrected chi connectivity index (χ2v) is 6.15. The van der Waals surface area contributed by atoms with E-state index >= 15 is 0 Å². The van der Waals surface area contributed by atoms with E-state index in [0.29, 0.717) is 6.04 Å². The second kappa shape index (κ2) is 10.9. The summed E-state index contributed by atoms with van der Waals surface area (Å²) in [5.41, 5.74) is 0. The van der Waals surface area contributed by atoms with Crippen LogP contribution in [0.5, 0.6) is 0 Å². The van der Waals surface area contributed by atoms with E-state index in [9.17, 15) is 0 Å². The van der Waals surface area contributed by atoms with Gasteiger partial charge in [-0.25, -0.2) is 0 Å². The molecule has 2 rings (SSSR count). The first-order valence-electron chi connectivity index (χ1n) is 8.53. The van der Waals surface area contributed by atoms with E-state index in [2.05, 4.69) is 42.4 Å². The highest BCUT2D eigenvalue weighted by Crippen LogP contribution is 2.25. The summed E-state index contributed by atoms with van der Waals surface area (Å²) in [7, 11) is 0. The van der Waals surface area contributed by atoms with Gasteiger partial charge in [-0.2, -0.15) is 0 Å². The number of halogens is 1. The van der Waals surface area contributed by atoms with Gasteiger partial charge in [0.2, 0.25) is 0 Å². The smallest absolute Gasteiger partial charge is 0.191 e. The van der Waals surface area contributed by atoms with Crippen LogP contribution < -0.4 is 10.6 Å². The Kier molecular flexibility index (Phi) is 9.62. The molecular weight excluding hydrogens is 403 g/mol. The van der Waals surface area contributed by atoms with Crippen molar-refractivity contribution in [1.29, 1.82) is 0 Å². The monoisotopic (exact) mass is 434 g/mol. The van der Waals surface area contributed by atoms with Crippen molar-refractivity contribution >= 4 is 29.9 Å². The van der Waals surface area contributed by atoms with E-state index in [1.54, 1.807) is 6.26 Å². The van der Waals surface area contributed by atoms with Crippen LogP contribution in [0.4, 0.5) is 0 Å². The molecule has 2 N–H and O–H groups in total. The molecule has 0 aromatic carbocycles. The Morgan fingerprint density at radius 2 is 2.04 bits per heavy atom. The molecule has 0 radical (unpaired) electrons. The lowest BCUT2D eigenvalue weighted by Gasteiger charge is -2.32. The van der Waals surface area contributed by atoms with Crippen LogP contribution in [0.3, 0.4) is 0 Å². The van der Waals surface area contributed by atoms with Gasteiger partial charge in [-0.05, 0) is 58.8 Å². The van der Waals surface area contributed by atoms with E-state index in [-0.39, 0.29) is 30.0 Å². The van der Waals surface area contributed by atoms with Crippen molar-refractivity contribution in [3.8, 4) is 0 Å². The molecule has 0 aliphatic carbocycles. The van der Waals surface area contributed by atoms with Gasteiger partial charge in [0.25, 0.3) is 0 Å². The number of nitrogens with zero attached hydrogens (tertiary/aromatic N) is 2. The highest BCUT2D eigenvalue weighted by atomic mass is 127.